The SMILES string of the molecule is CNC(=O)c1cccnc1N1CCCC1. The van der Waals surface area contributed by atoms with Crippen LogP contribution in [0.2, 0.25) is 0 Å². The van der Waals surface area contributed by atoms with Gasteiger partial charge in [0.05, 0.1) is 5.56 Å². The topological polar surface area (TPSA) is 45.2 Å². The second-order valence-corrected chi connectivity index (χ2v) is 3.65. The van der Waals surface area contributed by atoms with Gasteiger partial charge in [0.1, 0.15) is 5.82 Å². The molecule has 2 rings (SSSR count). The summed E-state index contributed by atoms with van der Waals surface area (Å²) in [4.78, 5) is 18.1. The smallest absolute Gasteiger partial charge is 0.254 e. The van der Waals surface area contributed by atoms with Crippen LogP contribution < -0.4 is 10.2 Å². The van der Waals surface area contributed by atoms with Crippen LogP contribution in [-0.4, -0.2) is 31.0 Å². The van der Waals surface area contributed by atoms with Crippen LogP contribution in [0.4, 0.5) is 5.82 Å². The Kier molecular flexibility index (Phi) is 2.85. The molecule has 0 aliphatic carbocycles. The van der Waals surface area contributed by atoms with Crippen LogP contribution in [0.25, 0.3) is 0 Å². The molecule has 2 heterocycles. The number of anilines is 1. The fourth-order valence-electron chi connectivity index (χ4n) is 1.89. The van der Waals surface area contributed by atoms with Crippen molar-refractivity contribution in [2.45, 2.75) is 12.8 Å². The summed E-state index contributed by atoms with van der Waals surface area (Å²) in [7, 11) is 1.64. The van der Waals surface area contributed by atoms with Crippen molar-refractivity contribution in [3.05, 3.63) is 23.9 Å². The maximum atomic E-state index is 11.6. The van der Waals surface area contributed by atoms with E-state index in [0.29, 0.717) is 5.56 Å². The summed E-state index contributed by atoms with van der Waals surface area (Å²) < 4.78 is 0. The molecule has 0 spiro atoms. The van der Waals surface area contributed by atoms with Gasteiger partial charge in [0, 0.05) is 26.3 Å². The fraction of sp³-hybridized carbons (Fsp3) is 0.455. The predicted octanol–water partition coefficient (Wildman–Crippen LogP) is 1.04. The molecule has 0 radical (unpaired) electrons. The Morgan fingerprint density at radius 3 is 2.87 bits per heavy atom. The van der Waals surface area contributed by atoms with Crippen molar-refractivity contribution in [3.8, 4) is 0 Å². The quantitative estimate of drug-likeness (QED) is 0.784. The van der Waals surface area contributed by atoms with Crippen LogP contribution in [-0.2, 0) is 0 Å². The minimum absolute atomic E-state index is 0.0648. The summed E-state index contributed by atoms with van der Waals surface area (Å²) in [5.74, 6) is 0.749. The first-order valence-electron chi connectivity index (χ1n) is 5.25. The number of amides is 1. The van der Waals surface area contributed by atoms with E-state index in [0.717, 1.165) is 18.9 Å². The molecule has 1 amide bonds. The van der Waals surface area contributed by atoms with Crippen molar-refractivity contribution in [2.24, 2.45) is 0 Å². The monoisotopic (exact) mass is 205 g/mol. The van der Waals surface area contributed by atoms with Gasteiger partial charge in [-0.15, -0.1) is 0 Å². The van der Waals surface area contributed by atoms with E-state index in [1.54, 1.807) is 19.3 Å². The summed E-state index contributed by atoms with van der Waals surface area (Å²) in [6.07, 6.45) is 4.10. The number of carbonyl (C=O) groups excluding carboxylic acids is 1. The van der Waals surface area contributed by atoms with Gasteiger partial charge in [-0.25, -0.2) is 4.98 Å². The Morgan fingerprint density at radius 2 is 2.20 bits per heavy atom. The third-order valence-corrected chi connectivity index (χ3v) is 2.66. The molecule has 15 heavy (non-hydrogen) atoms. The highest BCUT2D eigenvalue weighted by molar-refractivity contribution is 5.98. The molecule has 0 saturated carbocycles. The molecule has 0 aromatic carbocycles. The lowest BCUT2D eigenvalue weighted by atomic mass is 10.2. The summed E-state index contributed by atoms with van der Waals surface area (Å²) >= 11 is 0. The summed E-state index contributed by atoms with van der Waals surface area (Å²) in [6.45, 7) is 2.00. The third kappa shape index (κ3) is 1.93. The Balaban J connectivity index is 2.32. The van der Waals surface area contributed by atoms with Crippen LogP contribution in [0.5, 0.6) is 0 Å². The summed E-state index contributed by atoms with van der Waals surface area (Å²) in [6, 6.07) is 3.61. The molecule has 0 bridgehead atoms. The number of nitrogens with zero attached hydrogens (tertiary/aromatic N) is 2. The first kappa shape index (κ1) is 9.96. The molecule has 1 aromatic rings. The zero-order chi connectivity index (χ0) is 10.7. The van der Waals surface area contributed by atoms with Crippen LogP contribution in [0.15, 0.2) is 18.3 Å². The molecule has 1 fully saturated rings. The van der Waals surface area contributed by atoms with Gasteiger partial charge >= 0.3 is 0 Å². The van der Waals surface area contributed by atoms with E-state index < -0.39 is 0 Å². The van der Waals surface area contributed by atoms with E-state index >= 15 is 0 Å². The minimum atomic E-state index is -0.0648. The van der Waals surface area contributed by atoms with Gasteiger partial charge in [0.25, 0.3) is 5.91 Å². The summed E-state index contributed by atoms with van der Waals surface area (Å²) in [5.41, 5.74) is 0.668. The lowest BCUT2D eigenvalue weighted by Crippen LogP contribution is -2.25. The van der Waals surface area contributed by atoms with Crippen molar-refractivity contribution in [3.63, 3.8) is 0 Å². The van der Waals surface area contributed by atoms with Crippen molar-refractivity contribution < 1.29 is 4.79 Å². The molecule has 1 saturated heterocycles. The molecule has 4 heteroatoms. The lowest BCUT2D eigenvalue weighted by Gasteiger charge is -2.18. The molecule has 1 aliphatic heterocycles. The lowest BCUT2D eigenvalue weighted by molar-refractivity contribution is 0.0963. The van der Waals surface area contributed by atoms with Crippen molar-refractivity contribution in [2.75, 3.05) is 25.0 Å². The largest absolute Gasteiger partial charge is 0.356 e. The van der Waals surface area contributed by atoms with Gasteiger partial charge in [0.2, 0.25) is 0 Å². The standard InChI is InChI=1S/C11H15N3O/c1-12-11(15)9-5-4-6-13-10(9)14-7-2-3-8-14/h4-6H,2-3,7-8H2,1H3,(H,12,15). The molecular formula is C11H15N3O. The minimum Gasteiger partial charge on any atom is -0.356 e. The van der Waals surface area contributed by atoms with E-state index in [1.807, 2.05) is 6.07 Å². The van der Waals surface area contributed by atoms with Crippen LogP contribution >= 0.6 is 0 Å². The van der Waals surface area contributed by atoms with Gasteiger partial charge in [-0.2, -0.15) is 0 Å². The maximum Gasteiger partial charge on any atom is 0.254 e. The first-order chi connectivity index (χ1) is 7.33. The Bertz CT molecular complexity index is 359. The van der Waals surface area contributed by atoms with Crippen molar-refractivity contribution in [1.82, 2.24) is 10.3 Å². The van der Waals surface area contributed by atoms with Gasteiger partial charge in [0.15, 0.2) is 0 Å². The highest BCUT2D eigenvalue weighted by Crippen LogP contribution is 2.21. The zero-order valence-corrected chi connectivity index (χ0v) is 8.86. The highest BCUT2D eigenvalue weighted by atomic mass is 16.1. The average molecular weight is 205 g/mol. The molecule has 1 aliphatic rings. The number of hydrogen-bond acceptors (Lipinski definition) is 3. The van der Waals surface area contributed by atoms with Crippen LogP contribution in [0.1, 0.15) is 23.2 Å². The Labute approximate surface area is 89.3 Å². The van der Waals surface area contributed by atoms with Crippen molar-refractivity contribution in [1.29, 1.82) is 0 Å². The molecular weight excluding hydrogens is 190 g/mol. The van der Waals surface area contributed by atoms with Crippen LogP contribution in [0, 0.1) is 0 Å². The number of aromatic nitrogens is 1. The van der Waals surface area contributed by atoms with Gasteiger partial charge < -0.3 is 10.2 Å². The molecule has 0 unspecified atom stereocenters. The Hall–Kier alpha value is -1.58. The summed E-state index contributed by atoms with van der Waals surface area (Å²) in [5, 5.41) is 2.64. The third-order valence-electron chi connectivity index (χ3n) is 2.66. The predicted molar refractivity (Wildman–Crippen MR) is 59.1 cm³/mol. The number of pyridine rings is 1. The average Bonchev–Trinajstić information content (AvgIpc) is 2.81. The van der Waals surface area contributed by atoms with E-state index in [9.17, 15) is 4.79 Å². The highest BCUT2D eigenvalue weighted by Gasteiger charge is 2.19. The van der Waals surface area contributed by atoms with E-state index in [4.69, 9.17) is 0 Å². The number of hydrogen-bond donors (Lipinski definition) is 1. The number of nitrogens with one attached hydrogen (secondary N) is 1. The normalized spacial score (nSPS) is 15.4. The van der Waals surface area contributed by atoms with E-state index in [-0.39, 0.29) is 5.91 Å². The maximum absolute atomic E-state index is 11.6. The first-order valence-corrected chi connectivity index (χ1v) is 5.25. The van der Waals surface area contributed by atoms with E-state index in [1.165, 1.54) is 12.8 Å². The van der Waals surface area contributed by atoms with Crippen LogP contribution in [0.3, 0.4) is 0 Å². The second-order valence-electron chi connectivity index (χ2n) is 3.65. The van der Waals surface area contributed by atoms with Crippen molar-refractivity contribution >= 4 is 11.7 Å². The zero-order valence-electron chi connectivity index (χ0n) is 8.86. The van der Waals surface area contributed by atoms with Gasteiger partial charge in [-0.1, -0.05) is 0 Å². The fourth-order valence-corrected chi connectivity index (χ4v) is 1.89. The molecule has 4 nitrogen and oxygen atoms in total. The molecule has 1 N–H and O–H groups in total. The second kappa shape index (κ2) is 4.29. The number of rotatable bonds is 2. The molecule has 80 valence electrons. The number of carbonyl (C=O) groups is 1. The van der Waals surface area contributed by atoms with Gasteiger partial charge in [-0.05, 0) is 25.0 Å². The van der Waals surface area contributed by atoms with Gasteiger partial charge in [-0.3, -0.25) is 4.79 Å². The molecule has 0 atom stereocenters. The van der Waals surface area contributed by atoms with E-state index in [2.05, 4.69) is 15.2 Å². The molecule has 1 aromatic heterocycles. The Morgan fingerprint density at radius 1 is 1.47 bits per heavy atom.